The Hall–Kier alpha value is 0.452. The number of alkyl halides is 4. The Labute approximate surface area is 153 Å². The number of hydrogen-bond acceptors (Lipinski definition) is 3. The first-order chi connectivity index (χ1) is 7.10. The maximum atomic E-state index is 13.2. The molecular weight excluding hydrogens is 365 g/mol. The van der Waals surface area contributed by atoms with Gasteiger partial charge in [0.25, 0.3) is 0 Å². The molecule has 0 aromatic carbocycles. The van der Waals surface area contributed by atoms with E-state index in [2.05, 4.69) is 5.10 Å². The first-order valence-electron chi connectivity index (χ1n) is 4.11. The van der Waals surface area contributed by atoms with Crippen molar-refractivity contribution in [1.82, 2.24) is 9.78 Å². The largest absolute Gasteiger partial charge is 1.00 e. The van der Waals surface area contributed by atoms with E-state index < -0.39 is 17.9 Å². The van der Waals surface area contributed by atoms with Gasteiger partial charge in [0, 0.05) is 5.69 Å². The van der Waals surface area contributed by atoms with Crippen LogP contribution in [0.4, 0.5) is 17.6 Å². The number of rotatable bonds is 3. The van der Waals surface area contributed by atoms with Crippen LogP contribution in [-0.4, -0.2) is 21.7 Å². The van der Waals surface area contributed by atoms with Gasteiger partial charge in [0.2, 0.25) is 0 Å². The molecule has 1 aromatic rings. The molecule has 0 saturated carbocycles. The van der Waals surface area contributed by atoms with E-state index in [-0.39, 0.29) is 85.0 Å². The average Bonchev–Trinajstić information content (AvgIpc) is 2.45. The maximum Gasteiger partial charge on any atom is 1.00 e. The quantitative estimate of drug-likeness (QED) is 0.549. The second-order valence-corrected chi connectivity index (χ2v) is 3.24. The topological polar surface area (TPSA) is 58.0 Å². The molecule has 0 saturated heterocycles. The van der Waals surface area contributed by atoms with Crippen molar-refractivity contribution in [3.8, 4) is 0 Å². The van der Waals surface area contributed by atoms with Crippen molar-refractivity contribution >= 4 is 5.97 Å². The normalized spacial score (nSPS) is 12.1. The molecule has 4 nitrogen and oxygen atoms in total. The molecule has 0 spiro atoms. The Morgan fingerprint density at radius 3 is 2.12 bits per heavy atom. The van der Waals surface area contributed by atoms with Crippen molar-refractivity contribution in [2.75, 3.05) is 0 Å². The number of hydrogen-bond donors (Lipinski definition) is 0. The molecule has 0 N–H and O–H groups in total. The Morgan fingerprint density at radius 1 is 1.35 bits per heavy atom. The Balaban J connectivity index is 0.00000256. The van der Waals surface area contributed by atoms with Crippen molar-refractivity contribution in [2.45, 2.75) is 25.8 Å². The van der Waals surface area contributed by atoms with E-state index in [1.54, 1.807) is 0 Å². The third-order valence-corrected chi connectivity index (χ3v) is 1.91. The van der Waals surface area contributed by atoms with E-state index in [1.165, 1.54) is 6.92 Å². The molecule has 0 aliphatic heterocycles. The molecule has 9 heteroatoms. The fraction of sp³-hybridized carbons (Fsp3) is 0.500. The van der Waals surface area contributed by atoms with Crippen molar-refractivity contribution in [3.05, 3.63) is 17.5 Å². The number of carboxylic acids is 1. The second kappa shape index (κ2) is 5.61. The molecule has 0 amide bonds. The number of carboxylic acid groups (broad SMARTS) is 1. The van der Waals surface area contributed by atoms with Crippen molar-refractivity contribution in [3.63, 3.8) is 0 Å². The predicted octanol–water partition coefficient (Wildman–Crippen LogP) is -2.56. The number of carbonyl (C=O) groups is 1. The number of aliphatic carboxylic acids is 1. The molecule has 0 fully saturated rings. The summed E-state index contributed by atoms with van der Waals surface area (Å²) in [5.74, 6) is -8.47. The Kier molecular flexibility index (Phi) is 5.76. The maximum absolute atomic E-state index is 13.2. The van der Waals surface area contributed by atoms with Gasteiger partial charge >= 0.3 is 80.9 Å². The SMILES string of the molecule is Cc1cc(C)n(C(F)(F)C(F)(F)C(=O)[O-])n1.[Cs+]. The van der Waals surface area contributed by atoms with Crippen molar-refractivity contribution in [1.29, 1.82) is 0 Å². The summed E-state index contributed by atoms with van der Waals surface area (Å²) in [4.78, 5) is 9.98. The first kappa shape index (κ1) is 17.5. The fourth-order valence-corrected chi connectivity index (χ4v) is 1.17. The molecule has 90 valence electrons. The summed E-state index contributed by atoms with van der Waals surface area (Å²) in [7, 11) is 0. The van der Waals surface area contributed by atoms with Crippen LogP contribution in [0.2, 0.25) is 0 Å². The zero-order valence-corrected chi connectivity index (χ0v) is 15.6. The molecule has 0 bridgehead atoms. The Bertz CT molecular complexity index is 433. The molecule has 0 aliphatic rings. The van der Waals surface area contributed by atoms with Gasteiger partial charge in [0.05, 0.1) is 5.69 Å². The average molecular weight is 372 g/mol. The van der Waals surface area contributed by atoms with Crippen LogP contribution in [0.3, 0.4) is 0 Å². The zero-order chi connectivity index (χ0) is 12.7. The van der Waals surface area contributed by atoms with Gasteiger partial charge in [-0.25, -0.2) is 4.68 Å². The standard InChI is InChI=1S/C8H8F4N2O2.Cs/c1-4-3-5(2)14(13-4)8(11,12)7(9,10)6(15)16;/h3H,1-2H3,(H,15,16);/q;+1/p-1. The summed E-state index contributed by atoms with van der Waals surface area (Å²) in [6, 6.07) is -3.84. The minimum Gasteiger partial charge on any atom is -0.544 e. The molecule has 1 heterocycles. The smallest absolute Gasteiger partial charge is 0.544 e. The van der Waals surface area contributed by atoms with E-state index in [1.807, 2.05) is 0 Å². The number of nitrogens with zero attached hydrogens (tertiary/aromatic N) is 2. The predicted molar refractivity (Wildman–Crippen MR) is 41.8 cm³/mol. The minimum atomic E-state index is -5.32. The fourth-order valence-electron chi connectivity index (χ4n) is 1.17. The van der Waals surface area contributed by atoms with Crippen molar-refractivity contribution in [2.24, 2.45) is 0 Å². The number of aryl methyl sites for hydroxylation is 2. The van der Waals surface area contributed by atoms with Crippen LogP contribution in [0.5, 0.6) is 0 Å². The number of aromatic nitrogens is 2. The summed E-state index contributed by atoms with van der Waals surface area (Å²) < 4.78 is 51.5. The second-order valence-electron chi connectivity index (χ2n) is 3.24. The van der Waals surface area contributed by atoms with Gasteiger partial charge in [-0.3, -0.25) is 0 Å². The van der Waals surface area contributed by atoms with E-state index in [9.17, 15) is 27.5 Å². The van der Waals surface area contributed by atoms with E-state index >= 15 is 0 Å². The van der Waals surface area contributed by atoms with Crippen LogP contribution >= 0.6 is 0 Å². The minimum absolute atomic E-state index is 0. The van der Waals surface area contributed by atoms with Crippen LogP contribution in [0.15, 0.2) is 6.07 Å². The zero-order valence-electron chi connectivity index (χ0n) is 9.30. The van der Waals surface area contributed by atoms with Gasteiger partial charge in [-0.1, -0.05) is 0 Å². The number of halogens is 4. The summed E-state index contributed by atoms with van der Waals surface area (Å²) in [6.45, 7) is 2.43. The van der Waals surface area contributed by atoms with Crippen LogP contribution in [0.25, 0.3) is 0 Å². The Morgan fingerprint density at radius 2 is 1.82 bits per heavy atom. The van der Waals surface area contributed by atoms with Crippen LogP contribution in [0, 0.1) is 13.8 Å². The molecule has 0 radical (unpaired) electrons. The van der Waals surface area contributed by atoms with E-state index in [0.29, 0.717) is 0 Å². The van der Waals surface area contributed by atoms with Gasteiger partial charge in [-0.2, -0.15) is 22.7 Å². The van der Waals surface area contributed by atoms with Gasteiger partial charge in [-0.05, 0) is 19.9 Å². The van der Waals surface area contributed by atoms with Crippen LogP contribution in [0.1, 0.15) is 11.4 Å². The van der Waals surface area contributed by atoms with Gasteiger partial charge in [0.15, 0.2) is 0 Å². The molecular formula is C8H7CsF4N2O2. The molecule has 1 rings (SSSR count). The van der Waals surface area contributed by atoms with Crippen LogP contribution < -0.4 is 74.0 Å². The van der Waals surface area contributed by atoms with Gasteiger partial charge < -0.3 is 9.90 Å². The third kappa shape index (κ3) is 3.07. The summed E-state index contributed by atoms with van der Waals surface area (Å²) >= 11 is 0. The van der Waals surface area contributed by atoms with Gasteiger partial charge in [-0.15, -0.1) is 0 Å². The molecule has 17 heavy (non-hydrogen) atoms. The summed E-state index contributed by atoms with van der Waals surface area (Å²) in [6.07, 6.45) is 0. The molecule has 0 unspecified atom stereocenters. The van der Waals surface area contributed by atoms with Crippen LogP contribution in [-0.2, 0) is 10.8 Å². The monoisotopic (exact) mass is 372 g/mol. The van der Waals surface area contributed by atoms with Crippen molar-refractivity contribution < 1.29 is 96.4 Å². The van der Waals surface area contributed by atoms with E-state index in [4.69, 9.17) is 0 Å². The molecule has 0 aliphatic carbocycles. The third-order valence-electron chi connectivity index (χ3n) is 1.91. The van der Waals surface area contributed by atoms with E-state index in [0.717, 1.165) is 13.0 Å². The molecule has 0 atom stereocenters. The molecule has 1 aromatic heterocycles. The summed E-state index contributed by atoms with van der Waals surface area (Å²) in [5.41, 5.74) is -0.199. The number of carbonyl (C=O) groups excluding carboxylic acids is 1. The van der Waals surface area contributed by atoms with Gasteiger partial charge in [0.1, 0.15) is 5.97 Å². The first-order valence-corrected chi connectivity index (χ1v) is 4.11. The summed E-state index contributed by atoms with van der Waals surface area (Å²) in [5, 5.41) is 13.1.